The molecule has 218 valence electrons. The number of ether oxygens (including phenoxy) is 1. The van der Waals surface area contributed by atoms with Crippen molar-refractivity contribution < 1.29 is 23.1 Å². The fraction of sp³-hybridized carbons (Fsp3) is 0.387. The number of anilines is 1. The number of carbonyl (C=O) groups is 2. The summed E-state index contributed by atoms with van der Waals surface area (Å²) in [4.78, 5) is 32.2. The van der Waals surface area contributed by atoms with Gasteiger partial charge in [-0.3, -0.25) is 9.59 Å². The van der Waals surface area contributed by atoms with Crippen LogP contribution in [0.4, 0.5) is 14.6 Å². The number of hydrogen-bond donors (Lipinski definition) is 0. The van der Waals surface area contributed by atoms with Gasteiger partial charge in [0.1, 0.15) is 23.5 Å². The van der Waals surface area contributed by atoms with Crippen LogP contribution in [-0.4, -0.2) is 71.6 Å². The lowest BCUT2D eigenvalue weighted by atomic mass is 9.87. The van der Waals surface area contributed by atoms with E-state index in [0.29, 0.717) is 38.3 Å². The van der Waals surface area contributed by atoms with Gasteiger partial charge in [-0.2, -0.15) is 5.26 Å². The summed E-state index contributed by atoms with van der Waals surface area (Å²) in [5.41, 5.74) is 1.43. The Hall–Kier alpha value is -4.59. The number of aromatic nitrogens is 2. The smallest absolute Gasteiger partial charge is 0.228 e. The summed E-state index contributed by atoms with van der Waals surface area (Å²) >= 11 is 0. The van der Waals surface area contributed by atoms with Crippen LogP contribution >= 0.6 is 0 Å². The molecule has 0 saturated carbocycles. The van der Waals surface area contributed by atoms with Gasteiger partial charge in [-0.15, -0.1) is 10.2 Å². The summed E-state index contributed by atoms with van der Waals surface area (Å²) in [5.74, 6) is -1.62. The first-order chi connectivity index (χ1) is 20.3. The van der Waals surface area contributed by atoms with Crippen LogP contribution in [0.25, 0.3) is 0 Å². The number of rotatable bonds is 5. The maximum Gasteiger partial charge on any atom is 0.228 e. The molecule has 2 aliphatic heterocycles. The quantitative estimate of drug-likeness (QED) is 0.453. The molecule has 0 spiro atoms. The van der Waals surface area contributed by atoms with E-state index >= 15 is 4.39 Å². The van der Waals surface area contributed by atoms with E-state index in [0.717, 1.165) is 17.4 Å². The first-order valence-electron chi connectivity index (χ1n) is 13.9. The van der Waals surface area contributed by atoms with Crippen molar-refractivity contribution in [2.75, 3.05) is 44.7 Å². The van der Waals surface area contributed by atoms with Gasteiger partial charge in [0.2, 0.25) is 11.8 Å². The van der Waals surface area contributed by atoms with Crippen molar-refractivity contribution >= 4 is 17.6 Å². The van der Waals surface area contributed by atoms with Crippen molar-refractivity contribution in [2.24, 2.45) is 5.92 Å². The highest BCUT2D eigenvalue weighted by atomic mass is 19.1. The zero-order valence-electron chi connectivity index (χ0n) is 23.5. The SMILES string of the molecule is COc1ccc(C2CCCN(C(=O)[C@@H]3CN(c4ccc(C#N)nn4)C[C@H]3c3ccc(F)cc3F)CCN2C(C)=O)cc1. The van der Waals surface area contributed by atoms with Crippen molar-refractivity contribution in [3.8, 4) is 11.8 Å². The Morgan fingerprint density at radius 2 is 1.79 bits per heavy atom. The van der Waals surface area contributed by atoms with E-state index in [2.05, 4.69) is 10.2 Å². The van der Waals surface area contributed by atoms with E-state index in [9.17, 15) is 14.0 Å². The molecule has 0 radical (unpaired) electrons. The minimum absolute atomic E-state index is 0.0807. The van der Waals surface area contributed by atoms with Crippen LogP contribution in [0.15, 0.2) is 54.6 Å². The maximum atomic E-state index is 15.0. The van der Waals surface area contributed by atoms with Crippen molar-refractivity contribution in [3.05, 3.63) is 83.1 Å². The van der Waals surface area contributed by atoms with Gasteiger partial charge >= 0.3 is 0 Å². The van der Waals surface area contributed by atoms with Crippen LogP contribution in [0.5, 0.6) is 5.75 Å². The highest BCUT2D eigenvalue weighted by Crippen LogP contribution is 2.38. The number of halogens is 2. The van der Waals surface area contributed by atoms with Crippen LogP contribution in [-0.2, 0) is 9.59 Å². The van der Waals surface area contributed by atoms with Crippen molar-refractivity contribution in [3.63, 3.8) is 0 Å². The molecule has 11 heteroatoms. The second-order valence-corrected chi connectivity index (χ2v) is 10.6. The number of nitriles is 1. The molecule has 1 unspecified atom stereocenters. The molecular weight excluding hydrogens is 542 g/mol. The van der Waals surface area contributed by atoms with Gasteiger partial charge in [-0.05, 0) is 54.3 Å². The molecule has 1 aromatic heterocycles. The molecule has 0 aliphatic carbocycles. The average molecular weight is 575 g/mol. The first-order valence-corrected chi connectivity index (χ1v) is 13.9. The Labute approximate surface area is 243 Å². The van der Waals surface area contributed by atoms with E-state index in [4.69, 9.17) is 10.00 Å². The topological polar surface area (TPSA) is 103 Å². The molecule has 3 aromatic rings. The molecule has 3 heterocycles. The lowest BCUT2D eigenvalue weighted by Crippen LogP contribution is -2.47. The van der Waals surface area contributed by atoms with E-state index in [1.807, 2.05) is 35.2 Å². The van der Waals surface area contributed by atoms with Crippen LogP contribution in [0.1, 0.15) is 48.5 Å². The monoisotopic (exact) mass is 574 g/mol. The Morgan fingerprint density at radius 1 is 1.00 bits per heavy atom. The predicted octanol–water partition coefficient (Wildman–Crippen LogP) is 4.07. The number of hydrogen-bond acceptors (Lipinski definition) is 7. The molecule has 2 aromatic carbocycles. The highest BCUT2D eigenvalue weighted by molar-refractivity contribution is 5.82. The van der Waals surface area contributed by atoms with Gasteiger partial charge in [-0.25, -0.2) is 8.78 Å². The Morgan fingerprint density at radius 3 is 2.43 bits per heavy atom. The van der Waals surface area contributed by atoms with E-state index in [1.165, 1.54) is 19.1 Å². The standard InChI is InChI=1S/C31H32F2N6O3/c1-20(40)39-15-14-37(13-3-4-29(39)21-5-9-24(42-2)10-6-21)31(41)27-19-38(30-12-8-23(17-34)35-36-30)18-26(27)25-11-7-22(32)16-28(25)33/h5-12,16,26-27,29H,3-4,13-15,18-19H2,1-2H3/t26-,27+,29?/m0/s1. The van der Waals surface area contributed by atoms with Gasteiger partial charge in [0.15, 0.2) is 11.5 Å². The van der Waals surface area contributed by atoms with E-state index < -0.39 is 23.5 Å². The zero-order chi connectivity index (χ0) is 29.8. The van der Waals surface area contributed by atoms with Gasteiger partial charge in [-0.1, -0.05) is 18.2 Å². The summed E-state index contributed by atoms with van der Waals surface area (Å²) in [6.45, 7) is 3.23. The molecule has 0 bridgehead atoms. The van der Waals surface area contributed by atoms with E-state index in [-0.39, 0.29) is 42.2 Å². The number of benzene rings is 2. The van der Waals surface area contributed by atoms with Crippen LogP contribution in [0.3, 0.4) is 0 Å². The molecule has 2 aliphatic rings. The lowest BCUT2D eigenvalue weighted by Gasteiger charge is -2.38. The molecule has 3 atom stereocenters. The van der Waals surface area contributed by atoms with E-state index in [1.54, 1.807) is 29.0 Å². The first kappa shape index (κ1) is 28.9. The third-order valence-electron chi connectivity index (χ3n) is 8.20. The molecule has 42 heavy (non-hydrogen) atoms. The molecule has 2 saturated heterocycles. The summed E-state index contributed by atoms with van der Waals surface area (Å²) in [7, 11) is 1.61. The number of nitrogens with zero attached hydrogens (tertiary/aromatic N) is 6. The number of carbonyl (C=O) groups excluding carboxylic acids is 2. The minimum Gasteiger partial charge on any atom is -0.497 e. The fourth-order valence-corrected chi connectivity index (χ4v) is 6.04. The molecule has 2 fully saturated rings. The predicted molar refractivity (Wildman–Crippen MR) is 150 cm³/mol. The average Bonchev–Trinajstić information content (AvgIpc) is 3.42. The van der Waals surface area contributed by atoms with Crippen molar-refractivity contribution in [1.29, 1.82) is 5.26 Å². The molecule has 9 nitrogen and oxygen atoms in total. The van der Waals surface area contributed by atoms with Crippen LogP contribution in [0, 0.1) is 28.9 Å². The number of methoxy groups -OCH3 is 1. The van der Waals surface area contributed by atoms with Gasteiger partial charge in [0.25, 0.3) is 0 Å². The van der Waals surface area contributed by atoms with Crippen LogP contribution in [0.2, 0.25) is 0 Å². The van der Waals surface area contributed by atoms with Crippen LogP contribution < -0.4 is 9.64 Å². The number of amides is 2. The third kappa shape index (κ3) is 6.03. The summed E-state index contributed by atoms with van der Waals surface area (Å²) in [6.07, 6.45) is 1.34. The summed E-state index contributed by atoms with van der Waals surface area (Å²) < 4.78 is 34.1. The Kier molecular flexibility index (Phi) is 8.61. The van der Waals surface area contributed by atoms with Crippen molar-refractivity contribution in [1.82, 2.24) is 20.0 Å². The lowest BCUT2D eigenvalue weighted by molar-refractivity contribution is -0.139. The highest BCUT2D eigenvalue weighted by Gasteiger charge is 2.42. The summed E-state index contributed by atoms with van der Waals surface area (Å²) in [5, 5.41) is 17.1. The molecule has 0 N–H and O–H groups in total. The van der Waals surface area contributed by atoms with Gasteiger partial charge < -0.3 is 19.4 Å². The zero-order valence-corrected chi connectivity index (χ0v) is 23.5. The molecule has 2 amide bonds. The fourth-order valence-electron chi connectivity index (χ4n) is 6.04. The third-order valence-corrected chi connectivity index (χ3v) is 8.20. The second kappa shape index (κ2) is 12.5. The largest absolute Gasteiger partial charge is 0.497 e. The maximum absolute atomic E-state index is 15.0. The normalized spacial score (nSPS) is 20.9. The Bertz CT molecular complexity index is 1480. The van der Waals surface area contributed by atoms with Gasteiger partial charge in [0, 0.05) is 51.6 Å². The van der Waals surface area contributed by atoms with Crippen molar-refractivity contribution in [2.45, 2.75) is 31.7 Å². The second-order valence-electron chi connectivity index (χ2n) is 10.6. The summed E-state index contributed by atoms with van der Waals surface area (Å²) in [6, 6.07) is 16.1. The molecule has 5 rings (SSSR count). The minimum atomic E-state index is -0.705. The Balaban J connectivity index is 1.38. The van der Waals surface area contributed by atoms with Gasteiger partial charge in [0.05, 0.1) is 19.1 Å². The molecular formula is C31H32F2N6O3.